The Bertz CT molecular complexity index is 727. The molecule has 1 aromatic heterocycles. The molecule has 1 heterocycles. The van der Waals surface area contributed by atoms with E-state index in [-0.39, 0.29) is 9.77 Å². The summed E-state index contributed by atoms with van der Waals surface area (Å²) >= 11 is 0.947. The smallest absolute Gasteiger partial charge is 0.273 e. The molecule has 2 rings (SSSR count). The van der Waals surface area contributed by atoms with Crippen LogP contribution >= 0.6 is 11.3 Å². The first kappa shape index (κ1) is 14.6. The van der Waals surface area contributed by atoms with Crippen molar-refractivity contribution in [2.75, 3.05) is 0 Å². The van der Waals surface area contributed by atoms with Crippen molar-refractivity contribution >= 4 is 27.3 Å². The molecule has 0 fully saturated rings. The third kappa shape index (κ3) is 3.20. The summed E-state index contributed by atoms with van der Waals surface area (Å²) in [5, 5.41) is 1.55. The molecule has 20 heavy (non-hydrogen) atoms. The molecule has 106 valence electrons. The van der Waals surface area contributed by atoms with E-state index in [1.807, 2.05) is 4.72 Å². The monoisotopic (exact) mass is 317 g/mol. The third-order valence-electron chi connectivity index (χ3n) is 2.39. The summed E-state index contributed by atoms with van der Waals surface area (Å²) in [4.78, 5) is 11.6. The van der Waals surface area contributed by atoms with Crippen LogP contribution in [0.1, 0.15) is 5.56 Å². The number of thiophene rings is 1. The molecule has 0 unspecified atom stereocenters. The van der Waals surface area contributed by atoms with Gasteiger partial charge in [0.1, 0.15) is 4.21 Å². The molecule has 1 amide bonds. The molecule has 0 spiro atoms. The predicted molar refractivity (Wildman–Crippen MR) is 69.7 cm³/mol. The predicted octanol–water partition coefficient (Wildman–Crippen LogP) is 2.07. The molecule has 0 radical (unpaired) electrons. The highest BCUT2D eigenvalue weighted by Gasteiger charge is 2.20. The van der Waals surface area contributed by atoms with Gasteiger partial charge < -0.3 is 0 Å². The number of hydrogen-bond donors (Lipinski definition) is 1. The molecule has 0 aliphatic carbocycles. The number of hydrogen-bond acceptors (Lipinski definition) is 4. The number of carbonyl (C=O) groups excluding carboxylic acids is 1. The van der Waals surface area contributed by atoms with Gasteiger partial charge in [0.2, 0.25) is 5.91 Å². The number of benzene rings is 1. The first-order valence-electron chi connectivity index (χ1n) is 5.42. The molecular weight excluding hydrogens is 308 g/mol. The van der Waals surface area contributed by atoms with Crippen molar-refractivity contribution in [2.24, 2.45) is 0 Å². The van der Waals surface area contributed by atoms with E-state index in [9.17, 15) is 22.0 Å². The van der Waals surface area contributed by atoms with E-state index in [0.717, 1.165) is 17.4 Å². The van der Waals surface area contributed by atoms with E-state index in [4.69, 9.17) is 0 Å². The zero-order valence-electron chi connectivity index (χ0n) is 9.97. The fourth-order valence-corrected chi connectivity index (χ4v) is 3.49. The molecule has 0 atom stereocenters. The van der Waals surface area contributed by atoms with Crippen molar-refractivity contribution in [3.63, 3.8) is 0 Å². The molecule has 1 aromatic carbocycles. The van der Waals surface area contributed by atoms with Gasteiger partial charge in [0.25, 0.3) is 10.0 Å². The average Bonchev–Trinajstić information content (AvgIpc) is 2.89. The van der Waals surface area contributed by atoms with Gasteiger partial charge in [-0.25, -0.2) is 21.9 Å². The maximum absolute atomic E-state index is 13.4. The average molecular weight is 317 g/mol. The Balaban J connectivity index is 2.12. The molecule has 4 nitrogen and oxygen atoms in total. The van der Waals surface area contributed by atoms with E-state index in [1.54, 1.807) is 5.38 Å². The van der Waals surface area contributed by atoms with Gasteiger partial charge in [-0.15, -0.1) is 11.3 Å². The van der Waals surface area contributed by atoms with Gasteiger partial charge >= 0.3 is 0 Å². The Morgan fingerprint density at radius 2 is 1.95 bits per heavy atom. The van der Waals surface area contributed by atoms with E-state index < -0.39 is 34.0 Å². The van der Waals surface area contributed by atoms with Gasteiger partial charge in [-0.3, -0.25) is 4.79 Å². The second-order valence-corrected chi connectivity index (χ2v) is 6.71. The van der Waals surface area contributed by atoms with Crippen molar-refractivity contribution in [1.82, 2.24) is 4.72 Å². The number of carbonyl (C=O) groups is 1. The fraction of sp³-hybridized carbons (Fsp3) is 0.0833. The van der Waals surface area contributed by atoms with Gasteiger partial charge in [0.05, 0.1) is 6.42 Å². The third-order valence-corrected chi connectivity index (χ3v) is 5.16. The molecule has 2 aromatic rings. The van der Waals surface area contributed by atoms with E-state index in [1.165, 1.54) is 24.3 Å². The van der Waals surface area contributed by atoms with Crippen molar-refractivity contribution in [3.8, 4) is 0 Å². The Kier molecular flexibility index (Phi) is 4.15. The number of nitrogens with one attached hydrogen (secondary N) is 1. The summed E-state index contributed by atoms with van der Waals surface area (Å²) in [5.74, 6) is -3.17. The van der Waals surface area contributed by atoms with Crippen LogP contribution in [0, 0.1) is 11.6 Å². The van der Waals surface area contributed by atoms with Gasteiger partial charge in [-0.05, 0) is 17.5 Å². The summed E-state index contributed by atoms with van der Waals surface area (Å²) in [6, 6.07) is 6.24. The normalized spacial score (nSPS) is 11.3. The van der Waals surface area contributed by atoms with Crippen molar-refractivity contribution in [1.29, 1.82) is 0 Å². The summed E-state index contributed by atoms with van der Waals surface area (Å²) in [6.07, 6.45) is -0.561. The van der Waals surface area contributed by atoms with Crippen molar-refractivity contribution < 1.29 is 22.0 Å². The van der Waals surface area contributed by atoms with E-state index >= 15 is 0 Å². The second kappa shape index (κ2) is 5.68. The summed E-state index contributed by atoms with van der Waals surface area (Å²) in [7, 11) is -3.96. The van der Waals surface area contributed by atoms with Crippen LogP contribution in [0.25, 0.3) is 0 Å². The highest BCUT2D eigenvalue weighted by Crippen LogP contribution is 2.16. The minimum absolute atomic E-state index is 0.0226. The molecule has 0 bridgehead atoms. The van der Waals surface area contributed by atoms with Crippen LogP contribution in [0.2, 0.25) is 0 Å². The Hall–Kier alpha value is -1.80. The van der Waals surface area contributed by atoms with Crippen LogP contribution in [-0.2, 0) is 21.2 Å². The molecule has 0 aliphatic heterocycles. The highest BCUT2D eigenvalue weighted by atomic mass is 32.2. The molecule has 0 saturated carbocycles. The van der Waals surface area contributed by atoms with Crippen LogP contribution < -0.4 is 4.72 Å². The lowest BCUT2D eigenvalue weighted by Crippen LogP contribution is -2.31. The summed E-state index contributed by atoms with van der Waals surface area (Å²) in [6.45, 7) is 0. The molecule has 1 N–H and O–H groups in total. The number of halogens is 2. The maximum atomic E-state index is 13.4. The van der Waals surface area contributed by atoms with Crippen LogP contribution in [0.4, 0.5) is 8.78 Å². The van der Waals surface area contributed by atoms with Crippen LogP contribution in [0.5, 0.6) is 0 Å². The van der Waals surface area contributed by atoms with E-state index in [0.29, 0.717) is 0 Å². The lowest BCUT2D eigenvalue weighted by atomic mass is 10.1. The number of sulfonamides is 1. The lowest BCUT2D eigenvalue weighted by molar-refractivity contribution is -0.118. The largest absolute Gasteiger partial charge is 0.274 e. The highest BCUT2D eigenvalue weighted by molar-refractivity contribution is 7.92. The standard InChI is InChI=1S/C12H9F2NO3S2/c13-9-4-1-3-8(12(9)14)7-10(16)15-20(17,18)11-5-2-6-19-11/h1-6H,7H2,(H,15,16). The zero-order chi connectivity index (χ0) is 14.8. The number of rotatable bonds is 4. The first-order chi connectivity index (χ1) is 9.40. The van der Waals surface area contributed by atoms with Gasteiger partial charge in [0, 0.05) is 5.56 Å². The molecule has 0 saturated heterocycles. The second-order valence-electron chi connectivity index (χ2n) is 3.85. The van der Waals surface area contributed by atoms with E-state index in [2.05, 4.69) is 0 Å². The minimum Gasteiger partial charge on any atom is -0.274 e. The molecule has 0 aliphatic rings. The SMILES string of the molecule is O=C(Cc1cccc(F)c1F)NS(=O)(=O)c1cccs1. The van der Waals surface area contributed by atoms with Crippen molar-refractivity contribution in [2.45, 2.75) is 10.6 Å². The van der Waals surface area contributed by atoms with Crippen molar-refractivity contribution in [3.05, 3.63) is 52.9 Å². The fourth-order valence-electron chi connectivity index (χ4n) is 1.51. The molecular formula is C12H9F2NO3S2. The summed E-state index contributed by atoms with van der Waals surface area (Å²) in [5.41, 5.74) is -0.205. The Morgan fingerprint density at radius 1 is 1.20 bits per heavy atom. The maximum Gasteiger partial charge on any atom is 0.273 e. The molecule has 8 heteroatoms. The van der Waals surface area contributed by atoms with Gasteiger partial charge in [0.15, 0.2) is 11.6 Å². The van der Waals surface area contributed by atoms with Crippen LogP contribution in [0.15, 0.2) is 39.9 Å². The first-order valence-corrected chi connectivity index (χ1v) is 7.78. The van der Waals surface area contributed by atoms with Gasteiger partial charge in [-0.2, -0.15) is 0 Å². The Labute approximate surface area is 118 Å². The van der Waals surface area contributed by atoms with Crippen LogP contribution in [-0.4, -0.2) is 14.3 Å². The zero-order valence-corrected chi connectivity index (χ0v) is 11.6. The van der Waals surface area contributed by atoms with Crippen LogP contribution in [0.3, 0.4) is 0 Å². The topological polar surface area (TPSA) is 63.2 Å². The minimum atomic E-state index is -3.96. The summed E-state index contributed by atoms with van der Waals surface area (Å²) < 4.78 is 51.6. The quantitative estimate of drug-likeness (QED) is 0.939. The number of amides is 1. The lowest BCUT2D eigenvalue weighted by Gasteiger charge is -2.06. The Morgan fingerprint density at radius 3 is 2.60 bits per heavy atom. The van der Waals surface area contributed by atoms with Gasteiger partial charge in [-0.1, -0.05) is 18.2 Å².